The average molecular weight is 403 g/mol. The second-order valence-electron chi connectivity index (χ2n) is 7.42. The summed E-state index contributed by atoms with van der Waals surface area (Å²) < 4.78 is 5.77. The lowest BCUT2D eigenvalue weighted by Gasteiger charge is -2.17. The number of fused-ring (bicyclic) bond motifs is 1. The van der Waals surface area contributed by atoms with Crippen LogP contribution in [0.15, 0.2) is 54.6 Å². The predicted octanol–water partition coefficient (Wildman–Crippen LogP) is 5.58. The Bertz CT molecular complexity index is 1050. The van der Waals surface area contributed by atoms with Gasteiger partial charge in [0.25, 0.3) is 5.91 Å². The van der Waals surface area contributed by atoms with E-state index in [1.54, 1.807) is 35.6 Å². The summed E-state index contributed by atoms with van der Waals surface area (Å²) in [6.07, 6.45) is 2.99. The summed E-state index contributed by atoms with van der Waals surface area (Å²) in [6.45, 7) is 2.71. The molecule has 146 valence electrons. The minimum absolute atomic E-state index is 0.206. The van der Waals surface area contributed by atoms with Gasteiger partial charge in [-0.2, -0.15) is 5.26 Å². The summed E-state index contributed by atoms with van der Waals surface area (Å²) in [5, 5.41) is 13.2. The quantitative estimate of drug-likeness (QED) is 0.606. The standard InChI is InChI=1S/C24H22N2O2S/c1-16-7-12-20-21(14-25)24(29-22(20)13-16)26-23(27)18-8-10-19(11-9-18)28-15-17-5-3-2-4-6-17/h2-6,8-11,16H,7,12-13,15H2,1H3,(H,26,27)/t16-/m0/s1. The van der Waals surface area contributed by atoms with E-state index >= 15 is 0 Å². The molecule has 1 heterocycles. The van der Waals surface area contributed by atoms with Gasteiger partial charge in [0.05, 0.1) is 5.56 Å². The summed E-state index contributed by atoms with van der Waals surface area (Å²) >= 11 is 1.54. The Hall–Kier alpha value is -3.10. The zero-order valence-electron chi connectivity index (χ0n) is 16.3. The third-order valence-corrected chi connectivity index (χ3v) is 6.39. The van der Waals surface area contributed by atoms with Crippen LogP contribution in [-0.2, 0) is 19.4 Å². The average Bonchev–Trinajstić information content (AvgIpc) is 3.09. The van der Waals surface area contributed by atoms with E-state index in [0.29, 0.717) is 34.4 Å². The second kappa shape index (κ2) is 8.50. The Morgan fingerprint density at radius 2 is 1.97 bits per heavy atom. The minimum atomic E-state index is -0.206. The Morgan fingerprint density at radius 1 is 1.21 bits per heavy atom. The molecule has 4 rings (SSSR count). The first-order chi connectivity index (χ1) is 14.1. The number of benzene rings is 2. The van der Waals surface area contributed by atoms with Gasteiger partial charge in [0.2, 0.25) is 0 Å². The second-order valence-corrected chi connectivity index (χ2v) is 8.53. The van der Waals surface area contributed by atoms with Gasteiger partial charge in [-0.3, -0.25) is 4.79 Å². The Labute approximate surface area is 174 Å². The normalized spacial score (nSPS) is 15.2. The van der Waals surface area contributed by atoms with Crippen molar-refractivity contribution in [2.24, 2.45) is 5.92 Å². The molecule has 1 aliphatic carbocycles. The molecular formula is C24H22N2O2S. The maximum Gasteiger partial charge on any atom is 0.256 e. The minimum Gasteiger partial charge on any atom is -0.489 e. The smallest absolute Gasteiger partial charge is 0.256 e. The Morgan fingerprint density at radius 3 is 2.69 bits per heavy atom. The van der Waals surface area contributed by atoms with Gasteiger partial charge in [-0.25, -0.2) is 0 Å². The highest BCUT2D eigenvalue weighted by atomic mass is 32.1. The van der Waals surface area contributed by atoms with Crippen LogP contribution < -0.4 is 10.1 Å². The third kappa shape index (κ3) is 4.33. The molecule has 2 aromatic carbocycles. The molecule has 1 atom stereocenters. The van der Waals surface area contributed by atoms with Crippen molar-refractivity contribution in [3.05, 3.63) is 81.7 Å². The molecule has 0 saturated carbocycles. The van der Waals surface area contributed by atoms with Crippen LogP contribution in [-0.4, -0.2) is 5.91 Å². The topological polar surface area (TPSA) is 62.1 Å². The molecule has 0 radical (unpaired) electrons. The summed E-state index contributed by atoms with van der Waals surface area (Å²) in [5.74, 6) is 1.13. The maximum atomic E-state index is 12.7. The molecule has 0 unspecified atom stereocenters. The number of carbonyl (C=O) groups is 1. The summed E-state index contributed by atoms with van der Waals surface area (Å²) in [4.78, 5) is 13.9. The molecule has 1 aliphatic rings. The first-order valence-corrected chi connectivity index (χ1v) is 10.6. The van der Waals surface area contributed by atoms with Gasteiger partial charge >= 0.3 is 0 Å². The number of nitrogens with one attached hydrogen (secondary N) is 1. The third-order valence-electron chi connectivity index (χ3n) is 5.22. The van der Waals surface area contributed by atoms with Crippen molar-refractivity contribution in [1.29, 1.82) is 5.26 Å². The van der Waals surface area contributed by atoms with Crippen LogP contribution in [0, 0.1) is 17.2 Å². The molecule has 1 amide bonds. The molecule has 4 nitrogen and oxygen atoms in total. The molecule has 1 aromatic heterocycles. The monoisotopic (exact) mass is 402 g/mol. The van der Waals surface area contributed by atoms with Crippen LogP contribution in [0.5, 0.6) is 5.75 Å². The molecule has 0 aliphatic heterocycles. The fraction of sp³-hybridized carbons (Fsp3) is 0.250. The largest absolute Gasteiger partial charge is 0.489 e. The molecular weight excluding hydrogens is 380 g/mol. The zero-order valence-corrected chi connectivity index (χ0v) is 17.1. The van der Waals surface area contributed by atoms with Gasteiger partial charge < -0.3 is 10.1 Å². The summed E-state index contributed by atoms with van der Waals surface area (Å²) in [5.41, 5.74) is 3.39. The Kier molecular flexibility index (Phi) is 5.64. The lowest BCUT2D eigenvalue weighted by molar-refractivity contribution is 0.102. The molecule has 0 spiro atoms. The number of hydrogen-bond donors (Lipinski definition) is 1. The number of hydrogen-bond acceptors (Lipinski definition) is 4. The first kappa shape index (κ1) is 19.2. The van der Waals surface area contributed by atoms with Gasteiger partial charge in [0, 0.05) is 10.4 Å². The van der Waals surface area contributed by atoms with Gasteiger partial charge in [-0.15, -0.1) is 11.3 Å². The van der Waals surface area contributed by atoms with Crippen molar-refractivity contribution in [3.63, 3.8) is 0 Å². The van der Waals surface area contributed by atoms with Crippen molar-refractivity contribution in [2.75, 3.05) is 5.32 Å². The number of anilines is 1. The van der Waals surface area contributed by atoms with E-state index in [4.69, 9.17) is 4.74 Å². The van der Waals surface area contributed by atoms with E-state index in [9.17, 15) is 10.1 Å². The first-order valence-electron chi connectivity index (χ1n) is 9.77. The molecule has 0 bridgehead atoms. The highest BCUT2D eigenvalue weighted by Crippen LogP contribution is 2.39. The van der Waals surface area contributed by atoms with E-state index in [-0.39, 0.29) is 5.91 Å². The Balaban J connectivity index is 1.43. The predicted molar refractivity (Wildman–Crippen MR) is 115 cm³/mol. The van der Waals surface area contributed by atoms with E-state index < -0.39 is 0 Å². The lowest BCUT2D eigenvalue weighted by atomic mass is 9.88. The number of carbonyl (C=O) groups excluding carboxylic acids is 1. The molecule has 5 heteroatoms. The van der Waals surface area contributed by atoms with E-state index in [2.05, 4.69) is 18.3 Å². The molecule has 0 fully saturated rings. The van der Waals surface area contributed by atoms with Crippen molar-refractivity contribution in [3.8, 4) is 11.8 Å². The van der Waals surface area contributed by atoms with Gasteiger partial charge in [-0.05, 0) is 60.6 Å². The number of nitrogens with zero attached hydrogens (tertiary/aromatic N) is 1. The van der Waals surface area contributed by atoms with Crippen LogP contribution >= 0.6 is 11.3 Å². The van der Waals surface area contributed by atoms with E-state index in [1.807, 2.05) is 30.3 Å². The van der Waals surface area contributed by atoms with Gasteiger partial charge in [-0.1, -0.05) is 37.3 Å². The molecule has 29 heavy (non-hydrogen) atoms. The van der Waals surface area contributed by atoms with Crippen molar-refractivity contribution in [1.82, 2.24) is 0 Å². The number of rotatable bonds is 5. The lowest BCUT2D eigenvalue weighted by Crippen LogP contribution is -2.12. The van der Waals surface area contributed by atoms with Crippen LogP contribution in [0.25, 0.3) is 0 Å². The van der Waals surface area contributed by atoms with Crippen molar-refractivity contribution < 1.29 is 9.53 Å². The zero-order chi connectivity index (χ0) is 20.2. The number of amides is 1. The number of ether oxygens (including phenoxy) is 1. The molecule has 0 saturated heterocycles. The SMILES string of the molecule is C[C@H]1CCc2c(sc(NC(=O)c3ccc(OCc4ccccc4)cc3)c2C#N)C1. The van der Waals surface area contributed by atoms with Crippen molar-refractivity contribution >= 4 is 22.2 Å². The highest BCUT2D eigenvalue weighted by molar-refractivity contribution is 7.16. The summed E-state index contributed by atoms with van der Waals surface area (Å²) in [6, 6.07) is 19.3. The van der Waals surface area contributed by atoms with Gasteiger partial charge in [0.15, 0.2) is 0 Å². The number of nitriles is 1. The van der Waals surface area contributed by atoms with E-state index in [1.165, 1.54) is 4.88 Å². The van der Waals surface area contributed by atoms with Crippen LogP contribution in [0.1, 0.15) is 45.3 Å². The fourth-order valence-corrected chi connectivity index (χ4v) is 4.93. The van der Waals surface area contributed by atoms with Crippen LogP contribution in [0.4, 0.5) is 5.00 Å². The van der Waals surface area contributed by atoms with Crippen LogP contribution in [0.3, 0.4) is 0 Å². The molecule has 1 N–H and O–H groups in total. The van der Waals surface area contributed by atoms with Crippen LogP contribution in [0.2, 0.25) is 0 Å². The van der Waals surface area contributed by atoms with Gasteiger partial charge in [0.1, 0.15) is 23.4 Å². The van der Waals surface area contributed by atoms with Crippen molar-refractivity contribution in [2.45, 2.75) is 32.8 Å². The fourth-order valence-electron chi connectivity index (χ4n) is 3.58. The van der Waals surface area contributed by atoms with E-state index in [0.717, 1.165) is 30.4 Å². The maximum absolute atomic E-state index is 12.7. The number of thiophene rings is 1. The molecule has 3 aromatic rings. The highest BCUT2D eigenvalue weighted by Gasteiger charge is 2.24. The summed E-state index contributed by atoms with van der Waals surface area (Å²) in [7, 11) is 0.